The fraction of sp³-hybridized carbons (Fsp3) is 0.160. The lowest BCUT2D eigenvalue weighted by atomic mass is 9.99. The number of carbonyl (C=O) groups excluding carboxylic acids is 1. The lowest BCUT2D eigenvalue weighted by Gasteiger charge is -2.07. The summed E-state index contributed by atoms with van der Waals surface area (Å²) in [4.78, 5) is 15.1. The second-order valence-electron chi connectivity index (χ2n) is 6.76. The van der Waals surface area contributed by atoms with Crippen LogP contribution in [0.15, 0.2) is 71.4 Å². The Morgan fingerprint density at radius 2 is 1.04 bits per heavy atom. The van der Waals surface area contributed by atoms with Gasteiger partial charge in [-0.15, -0.1) is 22.7 Å². The molecule has 0 unspecified atom stereocenters. The van der Waals surface area contributed by atoms with Gasteiger partial charge in [-0.2, -0.15) is 0 Å². The summed E-state index contributed by atoms with van der Waals surface area (Å²) in [6.45, 7) is 4.31. The summed E-state index contributed by atoms with van der Waals surface area (Å²) >= 11 is 3.06. The first-order valence-corrected chi connectivity index (χ1v) is 11.4. The van der Waals surface area contributed by atoms with E-state index in [1.165, 1.54) is 33.8 Å². The van der Waals surface area contributed by atoms with E-state index in [-0.39, 0.29) is 5.78 Å². The van der Waals surface area contributed by atoms with Crippen molar-refractivity contribution in [2.75, 3.05) is 0 Å². The molecule has 0 aliphatic carbocycles. The van der Waals surface area contributed by atoms with Crippen molar-refractivity contribution in [3.05, 3.63) is 92.3 Å². The van der Waals surface area contributed by atoms with Crippen LogP contribution in [0.25, 0.3) is 22.3 Å². The summed E-state index contributed by atoms with van der Waals surface area (Å²) in [5.41, 5.74) is 6.88. The Morgan fingerprint density at radius 3 is 1.39 bits per heavy atom. The molecule has 4 rings (SSSR count). The second kappa shape index (κ2) is 8.26. The average Bonchev–Trinajstić information content (AvgIpc) is 3.43. The fourth-order valence-corrected chi connectivity index (χ4v) is 5.16. The van der Waals surface area contributed by atoms with Gasteiger partial charge in [0.2, 0.25) is 5.78 Å². The Labute approximate surface area is 174 Å². The summed E-state index contributed by atoms with van der Waals surface area (Å²) in [5, 5.41) is 4.03. The number of rotatable bonds is 6. The minimum absolute atomic E-state index is 0.120. The van der Waals surface area contributed by atoms with E-state index < -0.39 is 0 Å². The standard InChI is InChI=1S/C25H22OS2/c1-3-17-5-9-19(10-6-17)21-13-15-27-24(21)23(26)25-22(14-16-28-25)20-11-7-18(4-2)8-12-20/h5-16H,3-4H2,1-2H3. The van der Waals surface area contributed by atoms with E-state index in [0.717, 1.165) is 44.8 Å². The van der Waals surface area contributed by atoms with E-state index in [0.29, 0.717) is 0 Å². The third-order valence-electron chi connectivity index (χ3n) is 5.09. The van der Waals surface area contributed by atoms with E-state index in [9.17, 15) is 4.79 Å². The molecule has 2 heterocycles. The molecule has 0 spiro atoms. The van der Waals surface area contributed by atoms with Gasteiger partial charge in [-0.25, -0.2) is 0 Å². The largest absolute Gasteiger partial charge is 0.287 e. The summed E-state index contributed by atoms with van der Waals surface area (Å²) in [6, 6.07) is 21.2. The molecule has 4 aromatic rings. The van der Waals surface area contributed by atoms with Crippen molar-refractivity contribution in [1.29, 1.82) is 0 Å². The number of hydrogen-bond donors (Lipinski definition) is 0. The zero-order valence-corrected chi connectivity index (χ0v) is 17.7. The molecular weight excluding hydrogens is 380 g/mol. The maximum absolute atomic E-state index is 13.4. The molecule has 0 aliphatic rings. The number of hydrogen-bond acceptors (Lipinski definition) is 3. The number of ketones is 1. The highest BCUT2D eigenvalue weighted by molar-refractivity contribution is 7.16. The highest BCUT2D eigenvalue weighted by Gasteiger charge is 2.21. The van der Waals surface area contributed by atoms with Gasteiger partial charge in [-0.1, -0.05) is 62.4 Å². The molecule has 0 radical (unpaired) electrons. The maximum atomic E-state index is 13.4. The van der Waals surface area contributed by atoms with Crippen LogP contribution in [0.3, 0.4) is 0 Å². The zero-order valence-electron chi connectivity index (χ0n) is 16.1. The molecule has 0 N–H and O–H groups in total. The molecule has 140 valence electrons. The van der Waals surface area contributed by atoms with Crippen molar-refractivity contribution in [1.82, 2.24) is 0 Å². The number of thiophene rings is 2. The van der Waals surface area contributed by atoms with Crippen LogP contribution in [-0.4, -0.2) is 5.78 Å². The molecule has 0 bridgehead atoms. The van der Waals surface area contributed by atoms with E-state index in [2.05, 4.69) is 74.5 Å². The topological polar surface area (TPSA) is 17.1 Å². The molecule has 0 fully saturated rings. The predicted molar refractivity (Wildman–Crippen MR) is 122 cm³/mol. The van der Waals surface area contributed by atoms with Gasteiger partial charge in [-0.05, 0) is 58.0 Å². The van der Waals surface area contributed by atoms with Crippen LogP contribution in [0.5, 0.6) is 0 Å². The van der Waals surface area contributed by atoms with Crippen LogP contribution < -0.4 is 0 Å². The maximum Gasteiger partial charge on any atom is 0.214 e. The third kappa shape index (κ3) is 3.60. The second-order valence-corrected chi connectivity index (χ2v) is 8.59. The normalized spacial score (nSPS) is 10.9. The average molecular weight is 403 g/mol. The minimum atomic E-state index is 0.120. The first-order valence-electron chi connectivity index (χ1n) is 9.59. The van der Waals surface area contributed by atoms with Crippen LogP contribution in [0, 0.1) is 0 Å². The van der Waals surface area contributed by atoms with Crippen LogP contribution in [0.4, 0.5) is 0 Å². The molecule has 2 aromatic heterocycles. The van der Waals surface area contributed by atoms with Gasteiger partial charge in [0, 0.05) is 11.1 Å². The van der Waals surface area contributed by atoms with Gasteiger partial charge in [0.15, 0.2) is 0 Å². The minimum Gasteiger partial charge on any atom is -0.287 e. The lowest BCUT2D eigenvalue weighted by Crippen LogP contribution is -2.00. The Kier molecular flexibility index (Phi) is 5.56. The van der Waals surface area contributed by atoms with Gasteiger partial charge >= 0.3 is 0 Å². The van der Waals surface area contributed by atoms with Crippen molar-refractivity contribution in [2.24, 2.45) is 0 Å². The highest BCUT2D eigenvalue weighted by Crippen LogP contribution is 2.35. The molecule has 0 atom stereocenters. The molecule has 2 aromatic carbocycles. The number of aryl methyl sites for hydroxylation is 2. The predicted octanol–water partition coefficient (Wildman–Crippen LogP) is 7.50. The number of carbonyl (C=O) groups is 1. The summed E-state index contributed by atoms with van der Waals surface area (Å²) in [6.07, 6.45) is 2.04. The molecule has 0 saturated heterocycles. The van der Waals surface area contributed by atoms with Gasteiger partial charge in [0.25, 0.3) is 0 Å². The first kappa shape index (κ1) is 18.9. The first-order chi connectivity index (χ1) is 13.7. The SMILES string of the molecule is CCc1ccc(-c2ccsc2C(=O)c2sccc2-c2ccc(CC)cc2)cc1. The molecule has 0 amide bonds. The Morgan fingerprint density at radius 1 is 0.643 bits per heavy atom. The quantitative estimate of drug-likeness (QED) is 0.305. The highest BCUT2D eigenvalue weighted by atomic mass is 32.1. The van der Waals surface area contributed by atoms with E-state index >= 15 is 0 Å². The smallest absolute Gasteiger partial charge is 0.214 e. The molecule has 0 saturated carbocycles. The van der Waals surface area contributed by atoms with Crippen LogP contribution in [-0.2, 0) is 12.8 Å². The monoisotopic (exact) mass is 402 g/mol. The zero-order chi connectivity index (χ0) is 19.5. The number of benzene rings is 2. The van der Waals surface area contributed by atoms with E-state index in [1.807, 2.05) is 10.8 Å². The van der Waals surface area contributed by atoms with Crippen LogP contribution in [0.2, 0.25) is 0 Å². The van der Waals surface area contributed by atoms with Crippen molar-refractivity contribution in [2.45, 2.75) is 26.7 Å². The fourth-order valence-electron chi connectivity index (χ4n) is 3.37. The summed E-state index contributed by atoms with van der Waals surface area (Å²) < 4.78 is 0. The lowest BCUT2D eigenvalue weighted by molar-refractivity contribution is 0.104. The van der Waals surface area contributed by atoms with Crippen molar-refractivity contribution < 1.29 is 4.79 Å². The van der Waals surface area contributed by atoms with Gasteiger partial charge < -0.3 is 0 Å². The van der Waals surface area contributed by atoms with Crippen molar-refractivity contribution >= 4 is 28.5 Å². The van der Waals surface area contributed by atoms with Crippen molar-refractivity contribution in [3.63, 3.8) is 0 Å². The Balaban J connectivity index is 1.70. The summed E-state index contributed by atoms with van der Waals surface area (Å²) in [5.74, 6) is 0.120. The molecule has 1 nitrogen and oxygen atoms in total. The van der Waals surface area contributed by atoms with Crippen molar-refractivity contribution in [3.8, 4) is 22.3 Å². The van der Waals surface area contributed by atoms with Gasteiger partial charge in [0.05, 0.1) is 9.75 Å². The van der Waals surface area contributed by atoms with Crippen LogP contribution >= 0.6 is 22.7 Å². The Hall–Kier alpha value is -2.49. The molecule has 3 heteroatoms. The third-order valence-corrected chi connectivity index (χ3v) is 6.92. The van der Waals surface area contributed by atoms with Gasteiger partial charge in [0.1, 0.15) is 0 Å². The summed E-state index contributed by atoms with van der Waals surface area (Å²) in [7, 11) is 0. The molecular formula is C25H22OS2. The van der Waals surface area contributed by atoms with E-state index in [1.54, 1.807) is 0 Å². The van der Waals surface area contributed by atoms with E-state index in [4.69, 9.17) is 0 Å². The van der Waals surface area contributed by atoms with Gasteiger partial charge in [-0.3, -0.25) is 4.79 Å². The Bertz CT molecular complexity index is 995. The molecule has 28 heavy (non-hydrogen) atoms. The van der Waals surface area contributed by atoms with Crippen LogP contribution in [0.1, 0.15) is 39.5 Å². The molecule has 0 aliphatic heterocycles.